The number of anilines is 1. The lowest BCUT2D eigenvalue weighted by Gasteiger charge is -2.17. The molecule has 2 aromatic rings. The van der Waals surface area contributed by atoms with Crippen LogP contribution in [-0.4, -0.2) is 13.7 Å². The highest BCUT2D eigenvalue weighted by Crippen LogP contribution is 2.48. The molecule has 0 amide bonds. The molecule has 0 heterocycles. The van der Waals surface area contributed by atoms with E-state index in [-0.39, 0.29) is 0 Å². The first-order chi connectivity index (χ1) is 9.32. The summed E-state index contributed by atoms with van der Waals surface area (Å²) >= 11 is 0. The molecule has 2 nitrogen and oxygen atoms in total. The zero-order valence-electron chi connectivity index (χ0n) is 11.2. The third-order valence-corrected chi connectivity index (χ3v) is 3.94. The second kappa shape index (κ2) is 4.96. The molecule has 0 spiro atoms. The summed E-state index contributed by atoms with van der Waals surface area (Å²) in [4.78, 5) is 0. The Kier molecular flexibility index (Phi) is 3.16. The van der Waals surface area contributed by atoms with Crippen molar-refractivity contribution in [2.45, 2.75) is 18.3 Å². The third-order valence-electron chi connectivity index (χ3n) is 3.94. The van der Waals surface area contributed by atoms with Crippen molar-refractivity contribution in [2.75, 3.05) is 19.0 Å². The topological polar surface area (TPSA) is 21.3 Å². The highest BCUT2D eigenvalue weighted by molar-refractivity contribution is 5.49. The normalized spacial score (nSPS) is 15.8. The van der Waals surface area contributed by atoms with Crippen LogP contribution in [0.15, 0.2) is 54.6 Å². The van der Waals surface area contributed by atoms with Crippen LogP contribution in [0.4, 0.5) is 5.69 Å². The molecule has 0 saturated heterocycles. The monoisotopic (exact) mass is 253 g/mol. The summed E-state index contributed by atoms with van der Waals surface area (Å²) in [5.74, 6) is 0.898. The smallest absolute Gasteiger partial charge is 0.120 e. The van der Waals surface area contributed by atoms with Gasteiger partial charge in [0.2, 0.25) is 0 Å². The van der Waals surface area contributed by atoms with E-state index in [4.69, 9.17) is 4.74 Å². The van der Waals surface area contributed by atoms with Gasteiger partial charge in [-0.2, -0.15) is 0 Å². The molecule has 2 heteroatoms. The third kappa shape index (κ3) is 2.58. The summed E-state index contributed by atoms with van der Waals surface area (Å²) in [5, 5.41) is 3.54. The largest absolute Gasteiger partial charge is 0.497 e. The Balaban J connectivity index is 1.69. The number of methoxy groups -OCH3 is 1. The molecular formula is C17H19NO. The summed E-state index contributed by atoms with van der Waals surface area (Å²) in [7, 11) is 1.70. The number of ether oxygens (including phenoxy) is 1. The minimum atomic E-state index is 0.338. The van der Waals surface area contributed by atoms with Crippen molar-refractivity contribution >= 4 is 5.69 Å². The van der Waals surface area contributed by atoms with Crippen molar-refractivity contribution in [3.05, 3.63) is 60.2 Å². The predicted octanol–water partition coefficient (Wildman–Crippen LogP) is 3.84. The van der Waals surface area contributed by atoms with Gasteiger partial charge in [-0.15, -0.1) is 0 Å². The summed E-state index contributed by atoms with van der Waals surface area (Å²) < 4.78 is 5.25. The summed E-state index contributed by atoms with van der Waals surface area (Å²) in [6.45, 7) is 0.990. The van der Waals surface area contributed by atoms with Gasteiger partial charge in [0.05, 0.1) is 7.11 Å². The predicted molar refractivity (Wildman–Crippen MR) is 78.8 cm³/mol. The molecule has 2 aromatic carbocycles. The zero-order valence-corrected chi connectivity index (χ0v) is 11.2. The fraction of sp³-hybridized carbons (Fsp3) is 0.294. The Hall–Kier alpha value is -1.96. The highest BCUT2D eigenvalue weighted by Gasteiger charge is 2.43. The number of benzene rings is 2. The molecule has 0 atom stereocenters. The molecule has 1 aliphatic carbocycles. The Morgan fingerprint density at radius 1 is 1.05 bits per heavy atom. The molecule has 0 aliphatic heterocycles. The molecule has 0 unspecified atom stereocenters. The molecule has 0 radical (unpaired) electrons. The van der Waals surface area contributed by atoms with E-state index in [1.165, 1.54) is 18.4 Å². The standard InChI is InChI=1S/C17H19NO/c1-19-16-9-5-8-15(12-16)18-13-17(10-11-17)14-6-3-2-4-7-14/h2-9,12,18H,10-11,13H2,1H3. The fourth-order valence-electron chi connectivity index (χ4n) is 2.51. The quantitative estimate of drug-likeness (QED) is 0.874. The molecule has 1 saturated carbocycles. The number of hydrogen-bond donors (Lipinski definition) is 1. The number of hydrogen-bond acceptors (Lipinski definition) is 2. The molecule has 1 fully saturated rings. The van der Waals surface area contributed by atoms with Gasteiger partial charge in [0.25, 0.3) is 0 Å². The minimum absolute atomic E-state index is 0.338. The van der Waals surface area contributed by atoms with Crippen molar-refractivity contribution in [2.24, 2.45) is 0 Å². The average Bonchev–Trinajstić information content (AvgIpc) is 3.28. The van der Waals surface area contributed by atoms with Gasteiger partial charge in [0.15, 0.2) is 0 Å². The van der Waals surface area contributed by atoms with E-state index in [9.17, 15) is 0 Å². The lowest BCUT2D eigenvalue weighted by atomic mass is 9.96. The van der Waals surface area contributed by atoms with Gasteiger partial charge in [-0.25, -0.2) is 0 Å². The zero-order chi connectivity index (χ0) is 13.1. The van der Waals surface area contributed by atoms with Gasteiger partial charge in [0.1, 0.15) is 5.75 Å². The van der Waals surface area contributed by atoms with Crippen LogP contribution in [0.5, 0.6) is 5.75 Å². The Morgan fingerprint density at radius 3 is 2.53 bits per heavy atom. The SMILES string of the molecule is COc1cccc(NCC2(c3ccccc3)CC2)c1. The van der Waals surface area contributed by atoms with Crippen LogP contribution in [0, 0.1) is 0 Å². The molecule has 1 N–H and O–H groups in total. The van der Waals surface area contributed by atoms with Crippen LogP contribution >= 0.6 is 0 Å². The van der Waals surface area contributed by atoms with E-state index in [1.807, 2.05) is 18.2 Å². The van der Waals surface area contributed by atoms with Crippen LogP contribution in [0.2, 0.25) is 0 Å². The molecule has 3 rings (SSSR count). The van der Waals surface area contributed by atoms with Gasteiger partial charge in [0, 0.05) is 23.7 Å². The van der Waals surface area contributed by atoms with Crippen LogP contribution in [0.25, 0.3) is 0 Å². The van der Waals surface area contributed by atoms with Crippen LogP contribution in [-0.2, 0) is 5.41 Å². The van der Waals surface area contributed by atoms with Gasteiger partial charge in [-0.05, 0) is 30.5 Å². The molecule has 19 heavy (non-hydrogen) atoms. The van der Waals surface area contributed by atoms with Crippen molar-refractivity contribution in [3.8, 4) is 5.75 Å². The van der Waals surface area contributed by atoms with Crippen molar-refractivity contribution in [1.82, 2.24) is 0 Å². The second-order valence-electron chi connectivity index (χ2n) is 5.23. The Morgan fingerprint density at radius 2 is 1.84 bits per heavy atom. The van der Waals surface area contributed by atoms with Crippen LogP contribution in [0.1, 0.15) is 18.4 Å². The number of nitrogens with one attached hydrogen (secondary N) is 1. The number of rotatable bonds is 5. The highest BCUT2D eigenvalue weighted by atomic mass is 16.5. The first-order valence-electron chi connectivity index (χ1n) is 6.76. The van der Waals surface area contributed by atoms with Gasteiger partial charge in [-0.3, -0.25) is 0 Å². The van der Waals surface area contributed by atoms with E-state index in [2.05, 4.69) is 41.7 Å². The Labute approximate surface area is 114 Å². The van der Waals surface area contributed by atoms with Gasteiger partial charge < -0.3 is 10.1 Å². The van der Waals surface area contributed by atoms with Crippen molar-refractivity contribution in [1.29, 1.82) is 0 Å². The summed E-state index contributed by atoms with van der Waals surface area (Å²) in [6.07, 6.45) is 2.54. The first kappa shape index (κ1) is 12.1. The van der Waals surface area contributed by atoms with Crippen LogP contribution in [0.3, 0.4) is 0 Å². The lowest BCUT2D eigenvalue weighted by molar-refractivity contribution is 0.415. The summed E-state index contributed by atoms with van der Waals surface area (Å²) in [6, 6.07) is 18.9. The van der Waals surface area contributed by atoms with E-state index in [0.29, 0.717) is 5.41 Å². The van der Waals surface area contributed by atoms with E-state index in [1.54, 1.807) is 7.11 Å². The van der Waals surface area contributed by atoms with Crippen molar-refractivity contribution in [3.63, 3.8) is 0 Å². The maximum atomic E-state index is 5.25. The first-order valence-corrected chi connectivity index (χ1v) is 6.76. The van der Waals surface area contributed by atoms with E-state index in [0.717, 1.165) is 18.0 Å². The molecular weight excluding hydrogens is 234 g/mol. The van der Waals surface area contributed by atoms with Gasteiger partial charge >= 0.3 is 0 Å². The molecule has 0 aromatic heterocycles. The maximum Gasteiger partial charge on any atom is 0.120 e. The van der Waals surface area contributed by atoms with E-state index >= 15 is 0 Å². The van der Waals surface area contributed by atoms with Crippen molar-refractivity contribution < 1.29 is 4.74 Å². The lowest BCUT2D eigenvalue weighted by Crippen LogP contribution is -2.19. The summed E-state index contributed by atoms with van der Waals surface area (Å²) in [5.41, 5.74) is 2.91. The second-order valence-corrected chi connectivity index (χ2v) is 5.23. The Bertz CT molecular complexity index is 546. The molecule has 1 aliphatic rings. The van der Waals surface area contributed by atoms with E-state index < -0.39 is 0 Å². The molecule has 98 valence electrons. The fourth-order valence-corrected chi connectivity index (χ4v) is 2.51. The van der Waals surface area contributed by atoms with Gasteiger partial charge in [-0.1, -0.05) is 36.4 Å². The maximum absolute atomic E-state index is 5.25. The van der Waals surface area contributed by atoms with Crippen LogP contribution < -0.4 is 10.1 Å². The molecule has 0 bridgehead atoms. The minimum Gasteiger partial charge on any atom is -0.497 e. The average molecular weight is 253 g/mol.